The third-order valence-electron chi connectivity index (χ3n) is 6.04. The molecule has 0 amide bonds. The first-order chi connectivity index (χ1) is 15.9. The minimum atomic E-state index is -0.454. The predicted octanol–water partition coefficient (Wildman–Crippen LogP) is 4.07. The molecule has 0 radical (unpaired) electrons. The van der Waals surface area contributed by atoms with Crippen molar-refractivity contribution in [3.05, 3.63) is 87.8 Å². The molecular formula is C26H28N4O3. The minimum absolute atomic E-state index is 0.00265. The molecule has 2 aromatic carbocycles. The number of rotatable bonds is 7. The molecule has 0 bridgehead atoms. The number of aromatic amines is 1. The first-order valence-electron chi connectivity index (χ1n) is 10.9. The number of nitrogens with one attached hydrogen (secondary N) is 1. The van der Waals surface area contributed by atoms with Crippen molar-refractivity contribution < 1.29 is 9.53 Å². The number of ether oxygens (including phenoxy) is 1. The number of methoxy groups -OCH3 is 1. The maximum atomic E-state index is 13.3. The Bertz CT molecular complexity index is 1340. The Balaban J connectivity index is 1.63. The molecule has 170 valence electrons. The van der Waals surface area contributed by atoms with Crippen LogP contribution in [-0.4, -0.2) is 39.8 Å². The fourth-order valence-electron chi connectivity index (χ4n) is 3.96. The highest BCUT2D eigenvalue weighted by Crippen LogP contribution is 2.24. The molecule has 0 saturated carbocycles. The van der Waals surface area contributed by atoms with E-state index in [1.54, 1.807) is 0 Å². The number of esters is 1. The van der Waals surface area contributed by atoms with Gasteiger partial charge in [-0.25, -0.2) is 0 Å². The number of fused-ring (bicyclic) bond motifs is 1. The second-order valence-corrected chi connectivity index (χ2v) is 8.36. The number of H-pyrrole nitrogens is 1. The molecule has 1 N–H and O–H groups in total. The summed E-state index contributed by atoms with van der Waals surface area (Å²) in [5.41, 5.74) is 5.07. The number of hydrogen-bond acceptors (Lipinski definition) is 5. The van der Waals surface area contributed by atoms with Gasteiger partial charge in [-0.1, -0.05) is 42.5 Å². The monoisotopic (exact) mass is 444 g/mol. The molecule has 1 unspecified atom stereocenters. The quantitative estimate of drug-likeness (QED) is 0.435. The molecule has 0 aliphatic rings. The van der Waals surface area contributed by atoms with Gasteiger partial charge in [0, 0.05) is 23.7 Å². The first-order valence-corrected chi connectivity index (χ1v) is 10.9. The van der Waals surface area contributed by atoms with Crippen LogP contribution < -0.4 is 5.56 Å². The highest BCUT2D eigenvalue weighted by Gasteiger charge is 2.19. The fourth-order valence-corrected chi connectivity index (χ4v) is 3.96. The Morgan fingerprint density at radius 3 is 2.64 bits per heavy atom. The topological polar surface area (TPSA) is 80.2 Å². The molecule has 33 heavy (non-hydrogen) atoms. The van der Waals surface area contributed by atoms with Crippen molar-refractivity contribution in [2.24, 2.45) is 0 Å². The van der Waals surface area contributed by atoms with E-state index in [-0.39, 0.29) is 18.1 Å². The number of carbonyl (C=O) groups is 1. The lowest BCUT2D eigenvalue weighted by molar-refractivity contribution is -0.141. The van der Waals surface area contributed by atoms with Gasteiger partial charge in [-0.15, -0.1) is 0 Å². The number of nitrogens with zero attached hydrogens (tertiary/aromatic N) is 3. The average Bonchev–Trinajstić information content (AvgIpc) is 3.32. The molecule has 7 heteroatoms. The van der Waals surface area contributed by atoms with E-state index < -0.39 is 5.97 Å². The van der Waals surface area contributed by atoms with Crippen LogP contribution >= 0.6 is 0 Å². The van der Waals surface area contributed by atoms with E-state index in [0.717, 1.165) is 33.4 Å². The SMILES string of the molecule is COC(=O)Cn1c(=O)c(CN(C)C(C)c2cc(-c3ccccc3)n[nH]2)cc2ccc(C)cc21. The number of aromatic nitrogens is 3. The summed E-state index contributed by atoms with van der Waals surface area (Å²) in [5, 5.41) is 8.49. The van der Waals surface area contributed by atoms with Crippen LogP contribution in [0, 0.1) is 6.92 Å². The summed E-state index contributed by atoms with van der Waals surface area (Å²) in [5.74, 6) is -0.454. The summed E-state index contributed by atoms with van der Waals surface area (Å²) in [7, 11) is 3.30. The lowest BCUT2D eigenvalue weighted by Crippen LogP contribution is -2.31. The summed E-state index contributed by atoms with van der Waals surface area (Å²) in [4.78, 5) is 27.4. The molecule has 0 saturated heterocycles. The van der Waals surface area contributed by atoms with Crippen LogP contribution in [0.15, 0.2) is 65.5 Å². The van der Waals surface area contributed by atoms with Gasteiger partial charge in [-0.2, -0.15) is 5.10 Å². The van der Waals surface area contributed by atoms with Crippen molar-refractivity contribution in [2.45, 2.75) is 33.0 Å². The maximum Gasteiger partial charge on any atom is 0.325 e. The zero-order valence-corrected chi connectivity index (χ0v) is 19.3. The third-order valence-corrected chi connectivity index (χ3v) is 6.04. The van der Waals surface area contributed by atoms with Gasteiger partial charge in [0.05, 0.1) is 24.0 Å². The van der Waals surface area contributed by atoms with E-state index >= 15 is 0 Å². The van der Waals surface area contributed by atoms with Crippen molar-refractivity contribution in [2.75, 3.05) is 14.2 Å². The molecule has 2 aromatic heterocycles. The molecule has 0 aliphatic carbocycles. The van der Waals surface area contributed by atoms with Crippen LogP contribution in [0.5, 0.6) is 0 Å². The van der Waals surface area contributed by atoms with Crippen molar-refractivity contribution in [3.63, 3.8) is 0 Å². The number of aryl methyl sites for hydroxylation is 1. The van der Waals surface area contributed by atoms with Gasteiger partial charge in [-0.05, 0) is 50.0 Å². The van der Waals surface area contributed by atoms with Crippen LogP contribution in [-0.2, 0) is 22.6 Å². The molecule has 4 rings (SSSR count). The number of hydrogen-bond donors (Lipinski definition) is 1. The molecule has 1 atom stereocenters. The van der Waals surface area contributed by atoms with E-state index in [4.69, 9.17) is 4.74 Å². The van der Waals surface area contributed by atoms with E-state index in [1.165, 1.54) is 11.7 Å². The van der Waals surface area contributed by atoms with Gasteiger partial charge >= 0.3 is 5.97 Å². The number of benzene rings is 2. The Labute approximate surface area is 192 Å². The largest absolute Gasteiger partial charge is 0.468 e. The highest BCUT2D eigenvalue weighted by atomic mass is 16.5. The Morgan fingerprint density at radius 1 is 1.15 bits per heavy atom. The Kier molecular flexibility index (Phi) is 6.42. The van der Waals surface area contributed by atoms with Crippen LogP contribution in [0.25, 0.3) is 22.2 Å². The molecule has 4 aromatic rings. The van der Waals surface area contributed by atoms with Crippen molar-refractivity contribution in [1.82, 2.24) is 19.7 Å². The number of carbonyl (C=O) groups excluding carboxylic acids is 1. The van der Waals surface area contributed by atoms with Crippen molar-refractivity contribution in [1.29, 1.82) is 0 Å². The normalized spacial score (nSPS) is 12.3. The van der Waals surface area contributed by atoms with E-state index in [2.05, 4.69) is 22.0 Å². The summed E-state index contributed by atoms with van der Waals surface area (Å²) >= 11 is 0. The van der Waals surface area contributed by atoms with Crippen LogP contribution in [0.1, 0.15) is 29.8 Å². The minimum Gasteiger partial charge on any atom is -0.468 e. The lowest BCUT2D eigenvalue weighted by Gasteiger charge is -2.24. The molecule has 2 heterocycles. The molecule has 0 fully saturated rings. The van der Waals surface area contributed by atoms with Gasteiger partial charge in [0.2, 0.25) is 0 Å². The van der Waals surface area contributed by atoms with E-state index in [0.29, 0.717) is 12.1 Å². The number of pyridine rings is 1. The Hall–Kier alpha value is -3.71. The smallest absolute Gasteiger partial charge is 0.325 e. The molecular weight excluding hydrogens is 416 g/mol. The summed E-state index contributed by atoms with van der Waals surface area (Å²) in [6.45, 7) is 4.33. The molecule has 0 aliphatic heterocycles. The van der Waals surface area contributed by atoms with Gasteiger partial charge in [0.15, 0.2) is 0 Å². The third kappa shape index (κ3) is 4.73. The standard InChI is InChI=1S/C26H28N4O3/c1-17-10-11-20-13-21(26(32)30(24(20)12-17)16-25(31)33-4)15-29(3)18(2)22-14-23(28-27-22)19-8-6-5-7-9-19/h5-14,18H,15-16H2,1-4H3,(H,27,28). The second-order valence-electron chi connectivity index (χ2n) is 8.36. The molecule has 7 nitrogen and oxygen atoms in total. The lowest BCUT2D eigenvalue weighted by atomic mass is 10.1. The first kappa shape index (κ1) is 22.5. The summed E-state index contributed by atoms with van der Waals surface area (Å²) in [6, 6.07) is 19.8. The van der Waals surface area contributed by atoms with Crippen LogP contribution in [0.2, 0.25) is 0 Å². The fraction of sp³-hybridized carbons (Fsp3) is 0.269. The van der Waals surface area contributed by atoms with Gasteiger partial charge in [-0.3, -0.25) is 24.2 Å². The van der Waals surface area contributed by atoms with Crippen LogP contribution in [0.3, 0.4) is 0 Å². The second kappa shape index (κ2) is 9.42. The van der Waals surface area contributed by atoms with Crippen LogP contribution in [0.4, 0.5) is 0 Å². The maximum absolute atomic E-state index is 13.3. The van der Waals surface area contributed by atoms with Crippen molar-refractivity contribution in [3.8, 4) is 11.3 Å². The van der Waals surface area contributed by atoms with Gasteiger partial charge < -0.3 is 4.74 Å². The molecule has 0 spiro atoms. The average molecular weight is 445 g/mol. The Morgan fingerprint density at radius 2 is 1.91 bits per heavy atom. The highest BCUT2D eigenvalue weighted by molar-refractivity contribution is 5.82. The zero-order chi connectivity index (χ0) is 23.5. The van der Waals surface area contributed by atoms with Gasteiger partial charge in [0.25, 0.3) is 5.56 Å². The summed E-state index contributed by atoms with van der Waals surface area (Å²) < 4.78 is 6.33. The van der Waals surface area contributed by atoms with E-state index in [1.807, 2.05) is 74.6 Å². The van der Waals surface area contributed by atoms with Crippen molar-refractivity contribution >= 4 is 16.9 Å². The van der Waals surface area contributed by atoms with Gasteiger partial charge in [0.1, 0.15) is 6.54 Å². The summed E-state index contributed by atoms with van der Waals surface area (Å²) in [6.07, 6.45) is 0. The predicted molar refractivity (Wildman–Crippen MR) is 129 cm³/mol. The van der Waals surface area contributed by atoms with E-state index in [9.17, 15) is 9.59 Å². The zero-order valence-electron chi connectivity index (χ0n) is 19.3.